The molecule has 0 spiro atoms. The van der Waals surface area contributed by atoms with Gasteiger partial charge < -0.3 is 15.4 Å². The molecule has 8 heteroatoms. The van der Waals surface area contributed by atoms with Crippen molar-refractivity contribution < 1.29 is 18.7 Å². The summed E-state index contributed by atoms with van der Waals surface area (Å²) >= 11 is 0. The molecule has 1 aromatic heterocycles. The molecule has 2 amide bonds. The van der Waals surface area contributed by atoms with Crippen molar-refractivity contribution in [3.63, 3.8) is 0 Å². The van der Waals surface area contributed by atoms with Gasteiger partial charge in [0.15, 0.2) is 11.6 Å². The molecule has 0 bridgehead atoms. The molecule has 0 saturated heterocycles. The Hall–Kier alpha value is -3.68. The zero-order valence-corrected chi connectivity index (χ0v) is 16.8. The molecule has 154 valence electrons. The molecule has 2 heterocycles. The van der Waals surface area contributed by atoms with E-state index in [9.17, 15) is 14.0 Å². The summed E-state index contributed by atoms with van der Waals surface area (Å²) in [5.41, 5.74) is 2.39. The number of carbonyl (C=O) groups is 2. The van der Waals surface area contributed by atoms with E-state index in [4.69, 9.17) is 4.74 Å². The molecule has 4 rings (SSSR count). The third-order valence-corrected chi connectivity index (χ3v) is 5.29. The van der Waals surface area contributed by atoms with Crippen LogP contribution in [0.4, 0.5) is 10.2 Å². The van der Waals surface area contributed by atoms with Crippen molar-refractivity contribution in [1.29, 1.82) is 0 Å². The Labute approximate surface area is 172 Å². The normalized spacial score (nSPS) is 17.8. The van der Waals surface area contributed by atoms with Gasteiger partial charge in [0.05, 0.1) is 12.8 Å². The smallest absolute Gasteiger partial charge is 0.251 e. The molecular formula is C22H21FN4O3. The molecule has 2 atom stereocenters. The molecule has 7 nitrogen and oxygen atoms in total. The van der Waals surface area contributed by atoms with E-state index >= 15 is 0 Å². The first kappa shape index (κ1) is 19.6. The second-order valence-corrected chi connectivity index (χ2v) is 7.15. The Morgan fingerprint density at radius 1 is 1.23 bits per heavy atom. The minimum atomic E-state index is -0.944. The van der Waals surface area contributed by atoms with E-state index in [0.29, 0.717) is 22.6 Å². The predicted molar refractivity (Wildman–Crippen MR) is 109 cm³/mol. The number of hydrogen-bond acceptors (Lipinski definition) is 4. The van der Waals surface area contributed by atoms with E-state index in [1.807, 2.05) is 6.92 Å². The maximum atomic E-state index is 14.5. The summed E-state index contributed by atoms with van der Waals surface area (Å²) in [7, 11) is 3.11. The second kappa shape index (κ2) is 7.62. The zero-order chi connectivity index (χ0) is 21.4. The number of carbonyl (C=O) groups excluding carboxylic acids is 2. The van der Waals surface area contributed by atoms with E-state index in [2.05, 4.69) is 15.7 Å². The average molecular weight is 408 g/mol. The minimum Gasteiger partial charge on any atom is -0.494 e. The number of fused-ring (bicyclic) bond motifs is 1. The Balaban J connectivity index is 1.81. The van der Waals surface area contributed by atoms with Crippen LogP contribution in [0, 0.1) is 12.7 Å². The van der Waals surface area contributed by atoms with Gasteiger partial charge in [0.1, 0.15) is 11.9 Å². The lowest BCUT2D eigenvalue weighted by molar-refractivity contribution is -0.118. The first-order valence-corrected chi connectivity index (χ1v) is 9.44. The van der Waals surface area contributed by atoms with Crippen LogP contribution in [-0.4, -0.2) is 34.7 Å². The van der Waals surface area contributed by atoms with E-state index in [1.165, 1.54) is 19.2 Å². The van der Waals surface area contributed by atoms with Crippen LogP contribution in [0.5, 0.6) is 5.75 Å². The number of nitrogens with one attached hydrogen (secondary N) is 2. The van der Waals surface area contributed by atoms with Gasteiger partial charge in [0.2, 0.25) is 5.91 Å². The number of rotatable bonds is 4. The minimum absolute atomic E-state index is 0.104. The number of aryl methyl sites for hydroxylation is 2. The Bertz CT molecular complexity index is 1130. The molecule has 30 heavy (non-hydrogen) atoms. The standard InChI is InChI=1S/C22H21FN4O3/c1-12-17-18(14-9-10-16(30-3)15(23)11-14)19(22(29)25-20(17)27(2)26-12)24-21(28)13-7-5-4-6-8-13/h4-11,18-19H,1-3H3,(H,24,28)(H,25,29)/t18-,19-/m1/s1. The van der Waals surface area contributed by atoms with Gasteiger partial charge in [0.25, 0.3) is 5.91 Å². The zero-order valence-electron chi connectivity index (χ0n) is 16.8. The number of nitrogens with zero attached hydrogens (tertiary/aromatic N) is 2. The van der Waals surface area contributed by atoms with Crippen molar-refractivity contribution in [3.05, 3.63) is 76.7 Å². The van der Waals surface area contributed by atoms with Crippen molar-refractivity contribution >= 4 is 17.6 Å². The summed E-state index contributed by atoms with van der Waals surface area (Å²) in [5, 5.41) is 10.0. The summed E-state index contributed by atoms with van der Waals surface area (Å²) in [6.07, 6.45) is 0. The number of ether oxygens (including phenoxy) is 1. The fourth-order valence-corrected chi connectivity index (χ4v) is 3.91. The molecular weight excluding hydrogens is 387 g/mol. The first-order valence-electron chi connectivity index (χ1n) is 9.44. The van der Waals surface area contributed by atoms with Crippen LogP contribution in [0.1, 0.15) is 33.1 Å². The Morgan fingerprint density at radius 3 is 2.63 bits per heavy atom. The fourth-order valence-electron chi connectivity index (χ4n) is 3.91. The van der Waals surface area contributed by atoms with Crippen LogP contribution < -0.4 is 15.4 Å². The third-order valence-electron chi connectivity index (χ3n) is 5.29. The van der Waals surface area contributed by atoms with Crippen molar-refractivity contribution in [2.24, 2.45) is 7.05 Å². The van der Waals surface area contributed by atoms with Gasteiger partial charge in [0, 0.05) is 24.1 Å². The van der Waals surface area contributed by atoms with Crippen molar-refractivity contribution in [2.45, 2.75) is 18.9 Å². The average Bonchev–Trinajstić information content (AvgIpc) is 3.02. The van der Waals surface area contributed by atoms with Crippen molar-refractivity contribution in [1.82, 2.24) is 15.1 Å². The lowest BCUT2D eigenvalue weighted by atomic mass is 9.81. The molecule has 2 aromatic carbocycles. The maximum absolute atomic E-state index is 14.5. The summed E-state index contributed by atoms with van der Waals surface area (Å²) in [6, 6.07) is 12.2. The molecule has 0 aliphatic carbocycles. The monoisotopic (exact) mass is 408 g/mol. The number of benzene rings is 2. The van der Waals surface area contributed by atoms with Crippen LogP contribution in [0.2, 0.25) is 0 Å². The highest BCUT2D eigenvalue weighted by Gasteiger charge is 2.41. The molecule has 3 aromatic rings. The summed E-state index contributed by atoms with van der Waals surface area (Å²) in [5.74, 6) is -1.31. The van der Waals surface area contributed by atoms with Gasteiger partial charge in [-0.05, 0) is 36.8 Å². The summed E-state index contributed by atoms with van der Waals surface area (Å²) in [4.78, 5) is 25.8. The van der Waals surface area contributed by atoms with Crippen molar-refractivity contribution in [3.8, 4) is 5.75 Å². The van der Waals surface area contributed by atoms with E-state index in [0.717, 1.165) is 5.56 Å². The second-order valence-electron chi connectivity index (χ2n) is 7.15. The van der Waals surface area contributed by atoms with Crippen molar-refractivity contribution in [2.75, 3.05) is 12.4 Å². The molecule has 2 N–H and O–H groups in total. The number of methoxy groups -OCH3 is 1. The van der Waals surface area contributed by atoms with Crippen LogP contribution in [0.3, 0.4) is 0 Å². The van der Waals surface area contributed by atoms with Gasteiger partial charge in [-0.25, -0.2) is 4.39 Å². The topological polar surface area (TPSA) is 85.2 Å². The molecule has 0 unspecified atom stereocenters. The van der Waals surface area contributed by atoms with Crippen LogP contribution in [-0.2, 0) is 11.8 Å². The van der Waals surface area contributed by atoms with Crippen LogP contribution in [0.15, 0.2) is 48.5 Å². The SMILES string of the molecule is COc1ccc([C@@H]2c3c(C)nn(C)c3NC(=O)[C@@H]2NC(=O)c2ccccc2)cc1F. The highest BCUT2D eigenvalue weighted by Crippen LogP contribution is 2.40. The van der Waals surface area contributed by atoms with Gasteiger partial charge in [-0.2, -0.15) is 5.10 Å². The lowest BCUT2D eigenvalue weighted by Gasteiger charge is -2.32. The van der Waals surface area contributed by atoms with E-state index < -0.39 is 23.7 Å². The number of amides is 2. The molecule has 0 saturated carbocycles. The van der Waals surface area contributed by atoms with Crippen LogP contribution in [0.25, 0.3) is 0 Å². The maximum Gasteiger partial charge on any atom is 0.251 e. The quantitative estimate of drug-likeness (QED) is 0.695. The fraction of sp³-hybridized carbons (Fsp3) is 0.227. The predicted octanol–water partition coefficient (Wildman–Crippen LogP) is 2.76. The summed E-state index contributed by atoms with van der Waals surface area (Å²) < 4.78 is 21.1. The largest absolute Gasteiger partial charge is 0.494 e. The van der Waals surface area contributed by atoms with Gasteiger partial charge in [-0.3, -0.25) is 14.3 Å². The number of anilines is 1. The Morgan fingerprint density at radius 2 is 1.97 bits per heavy atom. The first-order chi connectivity index (χ1) is 14.4. The van der Waals surface area contributed by atoms with E-state index in [1.54, 1.807) is 48.1 Å². The molecule has 1 aliphatic rings. The van der Waals surface area contributed by atoms with Gasteiger partial charge >= 0.3 is 0 Å². The highest BCUT2D eigenvalue weighted by atomic mass is 19.1. The Kier molecular flexibility index (Phi) is 4.99. The third kappa shape index (κ3) is 3.30. The number of halogens is 1. The van der Waals surface area contributed by atoms with E-state index in [-0.39, 0.29) is 11.7 Å². The van der Waals surface area contributed by atoms with Gasteiger partial charge in [-0.15, -0.1) is 0 Å². The number of hydrogen-bond donors (Lipinski definition) is 2. The molecule has 0 radical (unpaired) electrons. The summed E-state index contributed by atoms with van der Waals surface area (Å²) in [6.45, 7) is 1.82. The lowest BCUT2D eigenvalue weighted by Crippen LogP contribution is -2.50. The van der Waals surface area contributed by atoms with Gasteiger partial charge in [-0.1, -0.05) is 24.3 Å². The highest BCUT2D eigenvalue weighted by molar-refractivity contribution is 6.03. The van der Waals surface area contributed by atoms with Crippen LogP contribution >= 0.6 is 0 Å². The number of aromatic nitrogens is 2. The molecule has 1 aliphatic heterocycles. The molecule has 0 fully saturated rings.